The van der Waals surface area contributed by atoms with Gasteiger partial charge in [-0.25, -0.2) is 4.98 Å². The molecule has 3 heteroatoms. The topological polar surface area (TPSA) is 17.8 Å². The van der Waals surface area contributed by atoms with Crippen molar-refractivity contribution in [2.45, 2.75) is 52.5 Å². The molecule has 1 heterocycles. The average molecular weight is 291 g/mol. The van der Waals surface area contributed by atoms with Crippen LogP contribution < -0.4 is 0 Å². The summed E-state index contributed by atoms with van der Waals surface area (Å²) in [6.07, 6.45) is 9.74. The van der Waals surface area contributed by atoms with Crippen LogP contribution in [0.15, 0.2) is 30.6 Å². The molecule has 0 aliphatic carbocycles. The molecule has 20 heavy (non-hydrogen) atoms. The van der Waals surface area contributed by atoms with Crippen LogP contribution in [0.4, 0.5) is 0 Å². The van der Waals surface area contributed by atoms with Gasteiger partial charge in [-0.2, -0.15) is 0 Å². The number of halogens is 1. The van der Waals surface area contributed by atoms with Gasteiger partial charge in [-0.3, -0.25) is 0 Å². The number of hydrogen-bond donors (Lipinski definition) is 0. The van der Waals surface area contributed by atoms with Crippen molar-refractivity contribution in [2.24, 2.45) is 0 Å². The van der Waals surface area contributed by atoms with Gasteiger partial charge in [0.05, 0.1) is 0 Å². The molecule has 0 unspecified atom stereocenters. The number of aromatic nitrogens is 2. The van der Waals surface area contributed by atoms with Crippen LogP contribution in [-0.2, 0) is 19.4 Å². The molecule has 1 aromatic carbocycles. The Balaban J connectivity index is 1.94. The molecular weight excluding hydrogens is 268 g/mol. The van der Waals surface area contributed by atoms with Crippen molar-refractivity contribution in [3.8, 4) is 0 Å². The Labute approximate surface area is 126 Å². The summed E-state index contributed by atoms with van der Waals surface area (Å²) in [4.78, 5) is 4.24. The monoisotopic (exact) mass is 290 g/mol. The minimum absolute atomic E-state index is 0.900. The van der Waals surface area contributed by atoms with Gasteiger partial charge >= 0.3 is 0 Å². The van der Waals surface area contributed by atoms with E-state index in [9.17, 15) is 0 Å². The third kappa shape index (κ3) is 4.11. The lowest BCUT2D eigenvalue weighted by atomic mass is 10.0. The van der Waals surface area contributed by atoms with E-state index in [1.807, 2.05) is 19.3 Å². The summed E-state index contributed by atoms with van der Waals surface area (Å²) in [7, 11) is 0. The second-order valence-electron chi connectivity index (χ2n) is 5.30. The van der Waals surface area contributed by atoms with E-state index in [1.54, 1.807) is 0 Å². The van der Waals surface area contributed by atoms with E-state index in [-0.39, 0.29) is 0 Å². The minimum atomic E-state index is 0.900. The molecule has 0 radical (unpaired) electrons. The Hall–Kier alpha value is -1.28. The third-order valence-corrected chi connectivity index (χ3v) is 4.08. The molecule has 2 aromatic rings. The van der Waals surface area contributed by atoms with Gasteiger partial charge in [0.1, 0.15) is 5.82 Å². The van der Waals surface area contributed by atoms with E-state index in [0.717, 1.165) is 30.2 Å². The first kappa shape index (κ1) is 15.1. The lowest BCUT2D eigenvalue weighted by Crippen LogP contribution is -2.03. The van der Waals surface area contributed by atoms with Crippen LogP contribution in [0.2, 0.25) is 5.02 Å². The van der Waals surface area contributed by atoms with Crippen molar-refractivity contribution in [3.05, 3.63) is 52.6 Å². The molecule has 0 amide bonds. The first-order chi connectivity index (χ1) is 9.70. The summed E-state index contributed by atoms with van der Waals surface area (Å²) in [6, 6.07) is 6.53. The summed E-state index contributed by atoms with van der Waals surface area (Å²) in [5.74, 6) is 1.05. The van der Waals surface area contributed by atoms with Gasteiger partial charge in [0.15, 0.2) is 0 Å². The first-order valence-corrected chi connectivity index (χ1v) is 7.83. The molecule has 0 spiro atoms. The highest BCUT2D eigenvalue weighted by Crippen LogP contribution is 2.20. The summed E-state index contributed by atoms with van der Waals surface area (Å²) < 4.78 is 2.16. The Morgan fingerprint density at radius 3 is 2.70 bits per heavy atom. The first-order valence-electron chi connectivity index (χ1n) is 7.45. The van der Waals surface area contributed by atoms with Crippen LogP contribution in [0.25, 0.3) is 0 Å². The molecule has 0 saturated carbocycles. The van der Waals surface area contributed by atoms with Crippen molar-refractivity contribution in [1.29, 1.82) is 0 Å². The lowest BCUT2D eigenvalue weighted by Gasteiger charge is -2.09. The van der Waals surface area contributed by atoms with Gasteiger partial charge in [-0.05, 0) is 43.4 Å². The Morgan fingerprint density at radius 1 is 1.20 bits per heavy atom. The molecule has 0 aliphatic heterocycles. The molecule has 2 nitrogen and oxygen atoms in total. The Bertz CT molecular complexity index is 546. The van der Waals surface area contributed by atoms with E-state index >= 15 is 0 Å². The highest BCUT2D eigenvalue weighted by atomic mass is 35.5. The zero-order valence-electron chi connectivity index (χ0n) is 12.4. The molecule has 0 aliphatic rings. The summed E-state index contributed by atoms with van der Waals surface area (Å²) >= 11 is 6.40. The molecule has 1 aromatic heterocycles. The van der Waals surface area contributed by atoms with Gasteiger partial charge in [-0.15, -0.1) is 0 Å². The van der Waals surface area contributed by atoms with Gasteiger partial charge in [0, 0.05) is 24.0 Å². The van der Waals surface area contributed by atoms with Gasteiger partial charge in [-0.1, -0.05) is 43.5 Å². The van der Waals surface area contributed by atoms with Crippen LogP contribution in [-0.4, -0.2) is 9.55 Å². The Morgan fingerprint density at radius 2 is 2.05 bits per heavy atom. The fraction of sp³-hybridized carbons (Fsp3) is 0.471. The van der Waals surface area contributed by atoms with E-state index in [0.29, 0.717) is 0 Å². The number of benzene rings is 1. The fourth-order valence-electron chi connectivity index (χ4n) is 2.41. The zero-order chi connectivity index (χ0) is 14.4. The molecule has 108 valence electrons. The minimum Gasteiger partial charge on any atom is -0.335 e. The molecule has 2 rings (SSSR count). The number of nitrogens with zero attached hydrogens (tertiary/aromatic N) is 2. The highest BCUT2D eigenvalue weighted by Gasteiger charge is 2.04. The quantitative estimate of drug-likeness (QED) is 0.669. The van der Waals surface area contributed by atoms with Crippen LogP contribution in [0.3, 0.4) is 0 Å². The standard InChI is InChI=1S/C17H23ClN2/c1-3-4-5-6-15-7-8-16(17(18)13-15)9-11-20-12-10-19-14(20)2/h7-8,10,12-13H,3-6,9,11H2,1-2H3. The molecule has 0 fully saturated rings. The average Bonchev–Trinajstić information content (AvgIpc) is 2.84. The highest BCUT2D eigenvalue weighted by molar-refractivity contribution is 6.31. The van der Waals surface area contributed by atoms with Crippen LogP contribution >= 0.6 is 11.6 Å². The van der Waals surface area contributed by atoms with Crippen molar-refractivity contribution in [2.75, 3.05) is 0 Å². The number of aryl methyl sites for hydroxylation is 4. The molecule has 0 saturated heterocycles. The summed E-state index contributed by atoms with van der Waals surface area (Å²) in [5.41, 5.74) is 2.57. The number of rotatable bonds is 7. The zero-order valence-corrected chi connectivity index (χ0v) is 13.2. The largest absolute Gasteiger partial charge is 0.335 e. The fourth-order valence-corrected chi connectivity index (χ4v) is 2.71. The molecule has 0 bridgehead atoms. The maximum Gasteiger partial charge on any atom is 0.105 e. The molecule has 0 atom stereocenters. The predicted molar refractivity (Wildman–Crippen MR) is 85.3 cm³/mol. The Kier molecular flexibility index (Phi) is 5.66. The molecular formula is C17H23ClN2. The number of unbranched alkanes of at least 4 members (excludes halogenated alkanes) is 2. The number of hydrogen-bond acceptors (Lipinski definition) is 1. The van der Waals surface area contributed by atoms with E-state index in [2.05, 4.69) is 34.7 Å². The van der Waals surface area contributed by atoms with Gasteiger partial charge in [0.2, 0.25) is 0 Å². The summed E-state index contributed by atoms with van der Waals surface area (Å²) in [6.45, 7) is 5.19. The maximum absolute atomic E-state index is 6.40. The second kappa shape index (κ2) is 7.49. The van der Waals surface area contributed by atoms with Gasteiger partial charge < -0.3 is 4.57 Å². The van der Waals surface area contributed by atoms with E-state index in [1.165, 1.54) is 30.4 Å². The SMILES string of the molecule is CCCCCc1ccc(CCn2ccnc2C)c(Cl)c1. The van der Waals surface area contributed by atoms with Gasteiger partial charge in [0.25, 0.3) is 0 Å². The predicted octanol–water partition coefficient (Wildman–Crippen LogP) is 4.82. The van der Waals surface area contributed by atoms with Crippen molar-refractivity contribution >= 4 is 11.6 Å². The van der Waals surface area contributed by atoms with Crippen LogP contribution in [0.5, 0.6) is 0 Å². The smallest absolute Gasteiger partial charge is 0.105 e. The summed E-state index contributed by atoms with van der Waals surface area (Å²) in [5, 5.41) is 0.900. The van der Waals surface area contributed by atoms with Crippen molar-refractivity contribution < 1.29 is 0 Å². The van der Waals surface area contributed by atoms with Crippen molar-refractivity contribution in [1.82, 2.24) is 9.55 Å². The van der Waals surface area contributed by atoms with E-state index < -0.39 is 0 Å². The van der Waals surface area contributed by atoms with Crippen molar-refractivity contribution in [3.63, 3.8) is 0 Å². The van der Waals surface area contributed by atoms with Crippen LogP contribution in [0, 0.1) is 6.92 Å². The maximum atomic E-state index is 6.40. The second-order valence-corrected chi connectivity index (χ2v) is 5.71. The van der Waals surface area contributed by atoms with Crippen LogP contribution in [0.1, 0.15) is 43.1 Å². The third-order valence-electron chi connectivity index (χ3n) is 3.73. The molecule has 0 N–H and O–H groups in total. The number of imidazole rings is 1. The van der Waals surface area contributed by atoms with E-state index in [4.69, 9.17) is 11.6 Å². The lowest BCUT2D eigenvalue weighted by molar-refractivity contribution is 0.672. The normalized spacial score (nSPS) is 10.9.